The van der Waals surface area contributed by atoms with Crippen molar-refractivity contribution in [3.8, 4) is 11.1 Å². The fourth-order valence-corrected chi connectivity index (χ4v) is 3.01. The molecule has 1 aromatic heterocycles. The topological polar surface area (TPSA) is 52.9 Å². The summed E-state index contributed by atoms with van der Waals surface area (Å²) in [6, 6.07) is 1.78. The highest BCUT2D eigenvalue weighted by molar-refractivity contribution is 6.33. The quantitative estimate of drug-likeness (QED) is 0.633. The van der Waals surface area contributed by atoms with Crippen molar-refractivity contribution in [1.82, 2.24) is 9.36 Å². The van der Waals surface area contributed by atoms with E-state index in [-0.39, 0.29) is 23.8 Å². The Morgan fingerprint density at radius 3 is 2.35 bits per heavy atom. The van der Waals surface area contributed by atoms with Gasteiger partial charge in [0.1, 0.15) is 5.82 Å². The number of nitrogens with zero attached hydrogens (tertiary/aromatic N) is 2. The minimum absolute atomic E-state index is 0.0504. The molecule has 0 saturated heterocycles. The average Bonchev–Trinajstić information content (AvgIpc) is 2.76. The maximum absolute atomic E-state index is 14.2. The van der Waals surface area contributed by atoms with Gasteiger partial charge in [0.15, 0.2) is 5.69 Å². The van der Waals surface area contributed by atoms with Crippen LogP contribution in [0.15, 0.2) is 16.9 Å². The molecule has 9 heteroatoms. The van der Waals surface area contributed by atoms with Gasteiger partial charge in [0.25, 0.3) is 5.56 Å². The summed E-state index contributed by atoms with van der Waals surface area (Å²) in [5.74, 6) is -1.02. The molecular weight excluding hydrogens is 338 g/mol. The maximum Gasteiger partial charge on any atom is 0.433 e. The maximum atomic E-state index is 14.2. The molecule has 0 radical (unpaired) electrons. The summed E-state index contributed by atoms with van der Waals surface area (Å²) in [5, 5.41) is -0.121. The lowest BCUT2D eigenvalue weighted by atomic mass is 10.0. The zero-order chi connectivity index (χ0) is 16.9. The Balaban J connectivity index is 2.38. The van der Waals surface area contributed by atoms with Crippen LogP contribution < -0.4 is 11.3 Å². The van der Waals surface area contributed by atoms with Crippen LogP contribution in [-0.2, 0) is 19.3 Å². The number of anilines is 1. The van der Waals surface area contributed by atoms with Crippen molar-refractivity contribution in [3.63, 3.8) is 0 Å². The van der Waals surface area contributed by atoms with Gasteiger partial charge in [-0.15, -0.1) is 0 Å². The molecule has 2 heterocycles. The predicted molar refractivity (Wildman–Crippen MR) is 77.7 cm³/mol. The smallest absolute Gasteiger partial charge is 0.398 e. The minimum Gasteiger partial charge on any atom is -0.398 e. The van der Waals surface area contributed by atoms with E-state index in [2.05, 4.69) is 0 Å². The van der Waals surface area contributed by atoms with Gasteiger partial charge < -0.3 is 5.73 Å². The molecular formula is C14H12ClF4N3O. The van der Waals surface area contributed by atoms with E-state index >= 15 is 0 Å². The number of alkyl halides is 3. The molecule has 0 unspecified atom stereocenters. The molecule has 1 aliphatic heterocycles. The van der Waals surface area contributed by atoms with E-state index in [9.17, 15) is 22.4 Å². The van der Waals surface area contributed by atoms with Crippen molar-refractivity contribution >= 4 is 17.3 Å². The van der Waals surface area contributed by atoms with Gasteiger partial charge in [-0.3, -0.25) is 9.48 Å². The second kappa shape index (κ2) is 5.30. The molecule has 4 nitrogen and oxygen atoms in total. The molecule has 2 aromatic rings. The van der Waals surface area contributed by atoms with Crippen molar-refractivity contribution in [3.05, 3.63) is 39.0 Å². The molecule has 124 valence electrons. The molecule has 2 N–H and O–H groups in total. The molecule has 0 fully saturated rings. The van der Waals surface area contributed by atoms with Crippen molar-refractivity contribution in [2.45, 2.75) is 32.1 Å². The summed E-state index contributed by atoms with van der Waals surface area (Å²) in [4.78, 5) is 12.4. The first kappa shape index (κ1) is 15.9. The van der Waals surface area contributed by atoms with Crippen molar-refractivity contribution < 1.29 is 17.6 Å². The Morgan fingerprint density at radius 2 is 1.74 bits per heavy atom. The summed E-state index contributed by atoms with van der Waals surface area (Å²) in [5.41, 5.74) is 2.23. The van der Waals surface area contributed by atoms with Crippen LogP contribution in [0.5, 0.6) is 0 Å². The van der Waals surface area contributed by atoms with Crippen LogP contribution in [0, 0.1) is 5.82 Å². The fraction of sp³-hybridized carbons (Fsp3) is 0.357. The van der Waals surface area contributed by atoms with Crippen molar-refractivity contribution in [2.24, 2.45) is 0 Å². The van der Waals surface area contributed by atoms with Crippen molar-refractivity contribution in [2.75, 3.05) is 5.73 Å². The van der Waals surface area contributed by atoms with Crippen LogP contribution in [0.3, 0.4) is 0 Å². The predicted octanol–water partition coefficient (Wildman–Crippen LogP) is 3.50. The Labute approximate surface area is 133 Å². The number of fused-ring (bicyclic) bond motifs is 1. The van der Waals surface area contributed by atoms with Crippen LogP contribution in [-0.4, -0.2) is 9.36 Å². The van der Waals surface area contributed by atoms with Gasteiger partial charge in [-0.05, 0) is 25.0 Å². The molecule has 0 spiro atoms. The Hall–Kier alpha value is -1.96. The number of aromatic nitrogens is 2. The largest absolute Gasteiger partial charge is 0.433 e. The van der Waals surface area contributed by atoms with E-state index in [1.165, 1.54) is 0 Å². The molecule has 0 bridgehead atoms. The van der Waals surface area contributed by atoms with Gasteiger partial charge in [-0.1, -0.05) is 11.6 Å². The van der Waals surface area contributed by atoms with E-state index in [0.29, 0.717) is 12.8 Å². The SMILES string of the molecule is Nc1cc(-c2c(C(F)(F)F)n3n(c2=O)CCCC3)c(F)cc1Cl. The molecule has 1 aromatic carbocycles. The van der Waals surface area contributed by atoms with Gasteiger partial charge in [0.2, 0.25) is 0 Å². The van der Waals surface area contributed by atoms with Gasteiger partial charge >= 0.3 is 6.18 Å². The second-order valence-corrected chi connectivity index (χ2v) is 5.74. The van der Waals surface area contributed by atoms with E-state index in [1.807, 2.05) is 0 Å². The summed E-state index contributed by atoms with van der Waals surface area (Å²) < 4.78 is 56.5. The summed E-state index contributed by atoms with van der Waals surface area (Å²) in [6.45, 7) is 0.210. The molecule has 23 heavy (non-hydrogen) atoms. The highest BCUT2D eigenvalue weighted by Gasteiger charge is 2.42. The lowest BCUT2D eigenvalue weighted by molar-refractivity contribution is -0.144. The highest BCUT2D eigenvalue weighted by Crippen LogP contribution is 2.39. The van der Waals surface area contributed by atoms with E-state index in [0.717, 1.165) is 21.5 Å². The first-order chi connectivity index (χ1) is 10.7. The molecule has 0 amide bonds. The van der Waals surface area contributed by atoms with Crippen LogP contribution in [0.1, 0.15) is 18.5 Å². The average molecular weight is 350 g/mol. The van der Waals surface area contributed by atoms with Gasteiger partial charge in [-0.25, -0.2) is 9.07 Å². The second-order valence-electron chi connectivity index (χ2n) is 5.33. The lowest BCUT2D eigenvalue weighted by Gasteiger charge is -2.20. The summed E-state index contributed by atoms with van der Waals surface area (Å²) in [6.07, 6.45) is -3.69. The number of hydrogen-bond donors (Lipinski definition) is 1. The highest BCUT2D eigenvalue weighted by atomic mass is 35.5. The zero-order valence-electron chi connectivity index (χ0n) is 11.8. The normalized spacial score (nSPS) is 14.8. The first-order valence-electron chi connectivity index (χ1n) is 6.87. The zero-order valence-corrected chi connectivity index (χ0v) is 12.5. The number of halogens is 5. The number of nitrogen functional groups attached to an aromatic ring is 1. The van der Waals surface area contributed by atoms with E-state index in [4.69, 9.17) is 17.3 Å². The molecule has 1 aliphatic rings. The molecule has 0 atom stereocenters. The third-order valence-electron chi connectivity index (χ3n) is 3.85. The Kier molecular flexibility index (Phi) is 3.66. The van der Waals surface area contributed by atoms with Crippen LogP contribution in [0.4, 0.5) is 23.2 Å². The van der Waals surface area contributed by atoms with Crippen LogP contribution >= 0.6 is 11.6 Å². The minimum atomic E-state index is -4.79. The number of hydrogen-bond acceptors (Lipinski definition) is 2. The fourth-order valence-electron chi connectivity index (χ4n) is 2.86. The number of benzene rings is 1. The Morgan fingerprint density at radius 1 is 1.13 bits per heavy atom. The first-order valence-corrected chi connectivity index (χ1v) is 7.25. The van der Waals surface area contributed by atoms with E-state index in [1.54, 1.807) is 0 Å². The summed E-state index contributed by atoms with van der Waals surface area (Å²) in [7, 11) is 0. The van der Waals surface area contributed by atoms with Crippen molar-refractivity contribution in [1.29, 1.82) is 0 Å². The molecule has 3 rings (SSSR count). The van der Waals surface area contributed by atoms with Crippen LogP contribution in [0.2, 0.25) is 5.02 Å². The summed E-state index contributed by atoms with van der Waals surface area (Å²) >= 11 is 5.67. The van der Waals surface area contributed by atoms with Gasteiger partial charge in [0.05, 0.1) is 16.3 Å². The Bertz CT molecular complexity index is 838. The van der Waals surface area contributed by atoms with Crippen LogP contribution in [0.25, 0.3) is 11.1 Å². The lowest BCUT2D eigenvalue weighted by Crippen LogP contribution is -2.28. The van der Waals surface area contributed by atoms with Gasteiger partial charge in [0, 0.05) is 18.7 Å². The number of nitrogens with two attached hydrogens (primary N) is 1. The third-order valence-corrected chi connectivity index (χ3v) is 4.18. The molecule has 0 saturated carbocycles. The monoisotopic (exact) mass is 349 g/mol. The number of rotatable bonds is 1. The third kappa shape index (κ3) is 2.50. The standard InChI is InChI=1S/C14H12ClF4N3O/c15-8-6-9(16)7(5-10(8)20)11-12(14(17,18)19)21-3-1-2-4-22(21)13(11)23/h5-6H,1-4,20H2. The van der Waals surface area contributed by atoms with Gasteiger partial charge in [-0.2, -0.15) is 13.2 Å². The van der Waals surface area contributed by atoms with E-state index < -0.39 is 34.4 Å². The molecule has 0 aliphatic carbocycles.